The van der Waals surface area contributed by atoms with E-state index in [1.165, 1.54) is 19.3 Å². The number of nitrogens with zero attached hydrogens (tertiary/aromatic N) is 3. The molecule has 5 nitrogen and oxygen atoms in total. The summed E-state index contributed by atoms with van der Waals surface area (Å²) in [6, 6.07) is 2.22. The Balaban J connectivity index is 1.49. The molecule has 0 aromatic carbocycles. The van der Waals surface area contributed by atoms with E-state index in [0.717, 1.165) is 32.4 Å². The predicted molar refractivity (Wildman–Crippen MR) is 73.4 cm³/mol. The first kappa shape index (κ1) is 12.5. The van der Waals surface area contributed by atoms with Gasteiger partial charge in [-0.25, -0.2) is 0 Å². The second-order valence-corrected chi connectivity index (χ2v) is 5.83. The van der Waals surface area contributed by atoms with Crippen LogP contribution in [0.3, 0.4) is 0 Å². The number of rotatable bonds is 3. The van der Waals surface area contributed by atoms with Crippen LogP contribution in [0.1, 0.15) is 44.6 Å². The first-order valence-electron chi connectivity index (χ1n) is 7.31. The van der Waals surface area contributed by atoms with Crippen molar-refractivity contribution in [1.29, 1.82) is 0 Å². The number of likely N-dealkylation sites (tertiary alicyclic amines) is 1. The Morgan fingerprint density at radius 1 is 1.32 bits per heavy atom. The molecule has 2 aliphatic rings. The average Bonchev–Trinajstić information content (AvgIpc) is 2.80. The molecular weight excluding hydrogens is 240 g/mol. The smallest absolute Gasteiger partial charge is 0.222 e. The summed E-state index contributed by atoms with van der Waals surface area (Å²) in [5, 5.41) is 4.27. The summed E-state index contributed by atoms with van der Waals surface area (Å²) in [6.07, 6.45) is 8.46. The zero-order valence-corrected chi connectivity index (χ0v) is 11.3. The van der Waals surface area contributed by atoms with Gasteiger partial charge in [0.1, 0.15) is 5.82 Å². The van der Waals surface area contributed by atoms with Crippen LogP contribution in [0.25, 0.3) is 0 Å². The molecule has 5 heteroatoms. The van der Waals surface area contributed by atoms with E-state index in [-0.39, 0.29) is 0 Å². The van der Waals surface area contributed by atoms with Gasteiger partial charge in [-0.3, -0.25) is 9.48 Å². The number of nitrogen functional groups attached to an aromatic ring is 1. The molecule has 1 aromatic heterocycles. The fourth-order valence-electron chi connectivity index (χ4n) is 3.01. The van der Waals surface area contributed by atoms with E-state index in [1.54, 1.807) is 0 Å². The summed E-state index contributed by atoms with van der Waals surface area (Å²) in [7, 11) is 0. The number of amides is 1. The van der Waals surface area contributed by atoms with Crippen molar-refractivity contribution in [2.45, 2.75) is 44.6 Å². The van der Waals surface area contributed by atoms with Gasteiger partial charge in [-0.05, 0) is 37.7 Å². The van der Waals surface area contributed by atoms with Crippen LogP contribution in [-0.4, -0.2) is 33.7 Å². The molecule has 0 spiro atoms. The van der Waals surface area contributed by atoms with Crippen LogP contribution in [0.15, 0.2) is 12.3 Å². The lowest BCUT2D eigenvalue weighted by Crippen LogP contribution is -2.40. The monoisotopic (exact) mass is 262 g/mol. The summed E-state index contributed by atoms with van der Waals surface area (Å²) < 4.78 is 1.95. The second-order valence-electron chi connectivity index (χ2n) is 5.83. The predicted octanol–water partition coefficient (Wildman–Crippen LogP) is 1.82. The number of anilines is 1. The largest absolute Gasteiger partial charge is 0.382 e. The minimum atomic E-state index is 0.350. The molecule has 1 saturated heterocycles. The molecule has 1 aromatic rings. The molecule has 0 unspecified atom stereocenters. The van der Waals surface area contributed by atoms with Crippen molar-refractivity contribution in [2.24, 2.45) is 5.92 Å². The van der Waals surface area contributed by atoms with Gasteiger partial charge < -0.3 is 10.6 Å². The van der Waals surface area contributed by atoms with Crippen LogP contribution in [-0.2, 0) is 4.79 Å². The Morgan fingerprint density at radius 2 is 2.05 bits per heavy atom. The molecule has 3 rings (SSSR count). The molecule has 1 aliphatic heterocycles. The molecule has 2 N–H and O–H groups in total. The minimum absolute atomic E-state index is 0.350. The highest BCUT2D eigenvalue weighted by Crippen LogP contribution is 2.31. The highest BCUT2D eigenvalue weighted by atomic mass is 16.2. The summed E-state index contributed by atoms with van der Waals surface area (Å²) in [5.41, 5.74) is 5.64. The summed E-state index contributed by atoms with van der Waals surface area (Å²) >= 11 is 0. The first-order chi connectivity index (χ1) is 9.22. The van der Waals surface area contributed by atoms with Gasteiger partial charge in [0.15, 0.2) is 0 Å². The number of carbonyl (C=O) groups excluding carboxylic acids is 1. The molecule has 0 radical (unpaired) electrons. The van der Waals surface area contributed by atoms with Crippen LogP contribution in [0.2, 0.25) is 0 Å². The van der Waals surface area contributed by atoms with Gasteiger partial charge in [-0.2, -0.15) is 5.10 Å². The van der Waals surface area contributed by atoms with E-state index in [0.29, 0.717) is 23.7 Å². The molecule has 2 fully saturated rings. The van der Waals surface area contributed by atoms with Gasteiger partial charge >= 0.3 is 0 Å². The molecule has 1 aliphatic carbocycles. The molecule has 104 valence electrons. The quantitative estimate of drug-likeness (QED) is 0.903. The highest BCUT2D eigenvalue weighted by molar-refractivity contribution is 5.76. The molecule has 1 amide bonds. The van der Waals surface area contributed by atoms with Gasteiger partial charge in [0.05, 0.1) is 6.04 Å². The summed E-state index contributed by atoms with van der Waals surface area (Å²) in [6.45, 7) is 1.71. The van der Waals surface area contributed by atoms with Crippen LogP contribution in [0.5, 0.6) is 0 Å². The number of aromatic nitrogens is 2. The van der Waals surface area contributed by atoms with E-state index in [1.807, 2.05) is 21.8 Å². The van der Waals surface area contributed by atoms with Crippen LogP contribution >= 0.6 is 0 Å². The topological polar surface area (TPSA) is 64.2 Å². The molecule has 0 atom stereocenters. The van der Waals surface area contributed by atoms with E-state index in [9.17, 15) is 4.79 Å². The zero-order valence-electron chi connectivity index (χ0n) is 11.3. The number of carbonyl (C=O) groups is 1. The van der Waals surface area contributed by atoms with Crippen molar-refractivity contribution in [2.75, 3.05) is 18.8 Å². The van der Waals surface area contributed by atoms with E-state index in [4.69, 9.17) is 5.73 Å². The van der Waals surface area contributed by atoms with Gasteiger partial charge in [0, 0.05) is 25.7 Å². The number of hydrogen-bond acceptors (Lipinski definition) is 3. The fraction of sp³-hybridized carbons (Fsp3) is 0.714. The van der Waals surface area contributed by atoms with Crippen molar-refractivity contribution < 1.29 is 4.79 Å². The van der Waals surface area contributed by atoms with Crippen molar-refractivity contribution in [3.63, 3.8) is 0 Å². The maximum atomic E-state index is 12.1. The van der Waals surface area contributed by atoms with Crippen molar-refractivity contribution in [1.82, 2.24) is 14.7 Å². The molecule has 19 heavy (non-hydrogen) atoms. The van der Waals surface area contributed by atoms with Gasteiger partial charge in [-0.1, -0.05) is 6.42 Å². The third kappa shape index (κ3) is 2.74. The van der Waals surface area contributed by atoms with Crippen molar-refractivity contribution in [3.8, 4) is 0 Å². The van der Waals surface area contributed by atoms with Gasteiger partial charge in [0.2, 0.25) is 5.91 Å². The minimum Gasteiger partial charge on any atom is -0.382 e. The van der Waals surface area contributed by atoms with Crippen LogP contribution in [0.4, 0.5) is 5.82 Å². The number of nitrogens with two attached hydrogens (primary N) is 1. The Hall–Kier alpha value is -1.52. The summed E-state index contributed by atoms with van der Waals surface area (Å²) in [5.74, 6) is 1.59. The normalized spacial score (nSPS) is 21.4. The zero-order chi connectivity index (χ0) is 13.2. The highest BCUT2D eigenvalue weighted by Gasteiger charge is 2.27. The Bertz CT molecular complexity index is 444. The lowest BCUT2D eigenvalue weighted by Gasteiger charge is -2.34. The van der Waals surface area contributed by atoms with Crippen molar-refractivity contribution in [3.05, 3.63) is 12.3 Å². The van der Waals surface area contributed by atoms with Gasteiger partial charge in [-0.15, -0.1) is 0 Å². The van der Waals surface area contributed by atoms with E-state index >= 15 is 0 Å². The van der Waals surface area contributed by atoms with Gasteiger partial charge in [0.25, 0.3) is 0 Å². The first-order valence-corrected chi connectivity index (χ1v) is 7.31. The Morgan fingerprint density at radius 3 is 2.58 bits per heavy atom. The SMILES string of the molecule is Nc1ccn(C2CCN(C(=O)CC3CCC3)CC2)n1. The maximum Gasteiger partial charge on any atom is 0.222 e. The number of piperidine rings is 1. The third-order valence-electron chi connectivity index (χ3n) is 4.51. The lowest BCUT2D eigenvalue weighted by molar-refractivity contribution is -0.134. The fourth-order valence-corrected chi connectivity index (χ4v) is 3.01. The van der Waals surface area contributed by atoms with E-state index in [2.05, 4.69) is 5.10 Å². The third-order valence-corrected chi connectivity index (χ3v) is 4.51. The van der Waals surface area contributed by atoms with Crippen LogP contribution in [0, 0.1) is 5.92 Å². The molecular formula is C14H22N4O. The standard InChI is InChI=1S/C14H22N4O/c15-13-6-9-18(16-13)12-4-7-17(8-5-12)14(19)10-11-2-1-3-11/h6,9,11-12H,1-5,7-8,10H2,(H2,15,16). The summed E-state index contributed by atoms with van der Waals surface area (Å²) in [4.78, 5) is 14.2. The average molecular weight is 262 g/mol. The molecule has 1 saturated carbocycles. The second kappa shape index (κ2) is 5.23. The van der Waals surface area contributed by atoms with Crippen molar-refractivity contribution >= 4 is 11.7 Å². The molecule has 2 heterocycles. The lowest BCUT2D eigenvalue weighted by atomic mass is 9.82. The van der Waals surface area contributed by atoms with Crippen LogP contribution < -0.4 is 5.73 Å². The Kier molecular flexibility index (Phi) is 3.44. The Labute approximate surface area is 113 Å². The number of hydrogen-bond donors (Lipinski definition) is 1. The van der Waals surface area contributed by atoms with E-state index < -0.39 is 0 Å². The maximum absolute atomic E-state index is 12.1. The molecule has 0 bridgehead atoms.